The molecule has 1 saturated heterocycles. The van der Waals surface area contributed by atoms with Gasteiger partial charge >= 0.3 is 0 Å². The fraction of sp³-hybridized carbons (Fsp3) is 0.692. The molecule has 0 bridgehead atoms. The zero-order chi connectivity index (χ0) is 13.1. The lowest BCUT2D eigenvalue weighted by molar-refractivity contribution is 0.214. The lowest BCUT2D eigenvalue weighted by atomic mass is 10.1. The maximum Gasteiger partial charge on any atom is 0.0562 e. The lowest BCUT2D eigenvalue weighted by Gasteiger charge is -2.28. The highest BCUT2D eigenvalue weighted by Crippen LogP contribution is 2.29. The van der Waals surface area contributed by atoms with Gasteiger partial charge in [0.25, 0.3) is 0 Å². The highest BCUT2D eigenvalue weighted by molar-refractivity contribution is 7.10. The number of thiophene rings is 1. The monoisotopic (exact) mass is 287 g/mol. The van der Waals surface area contributed by atoms with Crippen LogP contribution in [-0.2, 0) is 0 Å². The van der Waals surface area contributed by atoms with Crippen LogP contribution in [0.15, 0.2) is 11.4 Å². The summed E-state index contributed by atoms with van der Waals surface area (Å²) >= 11 is 7.70. The van der Waals surface area contributed by atoms with Gasteiger partial charge in [-0.3, -0.25) is 4.90 Å². The Morgan fingerprint density at radius 1 is 1.67 bits per heavy atom. The van der Waals surface area contributed by atoms with Crippen LogP contribution in [-0.4, -0.2) is 50.1 Å². The molecular formula is C13H22ClN3S. The smallest absolute Gasteiger partial charge is 0.0562 e. The normalized spacial score (nSPS) is 22.8. The minimum absolute atomic E-state index is 0.299. The number of nitrogens with two attached hydrogens (primary N) is 1. The van der Waals surface area contributed by atoms with E-state index in [4.69, 9.17) is 17.3 Å². The molecule has 0 saturated carbocycles. The molecule has 102 valence electrons. The summed E-state index contributed by atoms with van der Waals surface area (Å²) in [7, 11) is 4.36. The number of nitrogens with zero attached hydrogens (tertiary/aromatic N) is 2. The molecule has 2 N–H and O–H groups in total. The fourth-order valence-corrected chi connectivity index (χ4v) is 3.99. The molecule has 0 radical (unpaired) electrons. The van der Waals surface area contributed by atoms with E-state index >= 15 is 0 Å². The van der Waals surface area contributed by atoms with Gasteiger partial charge in [-0.1, -0.05) is 11.6 Å². The molecule has 18 heavy (non-hydrogen) atoms. The van der Waals surface area contributed by atoms with Crippen LogP contribution in [0.3, 0.4) is 0 Å². The highest BCUT2D eigenvalue weighted by Gasteiger charge is 2.24. The van der Waals surface area contributed by atoms with Gasteiger partial charge < -0.3 is 10.6 Å². The lowest BCUT2D eigenvalue weighted by Crippen LogP contribution is -2.34. The number of likely N-dealkylation sites (tertiary alicyclic amines) is 1. The first-order valence-electron chi connectivity index (χ1n) is 6.43. The van der Waals surface area contributed by atoms with Crippen molar-refractivity contribution in [1.29, 1.82) is 0 Å². The van der Waals surface area contributed by atoms with Crippen molar-refractivity contribution in [2.45, 2.75) is 12.5 Å². The number of rotatable bonds is 5. The molecular weight excluding hydrogens is 266 g/mol. The summed E-state index contributed by atoms with van der Waals surface area (Å²) in [5.41, 5.74) is 5.93. The largest absolute Gasteiger partial charge is 0.329 e. The molecule has 2 rings (SSSR count). The average Bonchev–Trinajstić information content (AvgIpc) is 2.89. The number of halogens is 1. The van der Waals surface area contributed by atoms with Crippen LogP contribution in [0, 0.1) is 5.92 Å². The van der Waals surface area contributed by atoms with Crippen LogP contribution in [0.4, 0.5) is 0 Å². The summed E-state index contributed by atoms with van der Waals surface area (Å²) in [5, 5.41) is 2.80. The molecule has 1 aromatic heterocycles. The van der Waals surface area contributed by atoms with Gasteiger partial charge in [0.1, 0.15) is 0 Å². The van der Waals surface area contributed by atoms with Crippen LogP contribution >= 0.6 is 22.9 Å². The molecule has 2 heterocycles. The van der Waals surface area contributed by atoms with Gasteiger partial charge in [-0.15, -0.1) is 11.3 Å². The van der Waals surface area contributed by atoms with E-state index in [-0.39, 0.29) is 0 Å². The van der Waals surface area contributed by atoms with Crippen molar-refractivity contribution in [3.8, 4) is 0 Å². The van der Waals surface area contributed by atoms with E-state index in [0.29, 0.717) is 12.6 Å². The van der Waals surface area contributed by atoms with Crippen molar-refractivity contribution in [2.75, 3.05) is 40.3 Å². The van der Waals surface area contributed by atoms with Crippen molar-refractivity contribution < 1.29 is 0 Å². The predicted octanol–water partition coefficient (Wildman–Crippen LogP) is 2.28. The molecule has 0 amide bonds. The van der Waals surface area contributed by atoms with Crippen molar-refractivity contribution in [1.82, 2.24) is 9.80 Å². The molecule has 3 nitrogen and oxygen atoms in total. The standard InChI is InChI=1S/C13H22ClN3S/c1-16-4-3-10(7-16)8-17(2)12(6-15)13-5-11(14)9-18-13/h5,9-10,12H,3-4,6-8,15H2,1-2H3. The maximum absolute atomic E-state index is 6.00. The van der Waals surface area contributed by atoms with Gasteiger partial charge in [0, 0.05) is 29.9 Å². The van der Waals surface area contributed by atoms with E-state index in [1.54, 1.807) is 11.3 Å². The van der Waals surface area contributed by atoms with Gasteiger partial charge in [0.05, 0.1) is 11.1 Å². The van der Waals surface area contributed by atoms with Gasteiger partial charge in [-0.2, -0.15) is 0 Å². The SMILES string of the molecule is CN1CCC(CN(C)C(CN)c2cc(Cl)cs2)C1. The summed E-state index contributed by atoms with van der Waals surface area (Å²) in [6.07, 6.45) is 1.29. The van der Waals surface area contributed by atoms with E-state index < -0.39 is 0 Å². The Kier molecular flexibility index (Phi) is 5.04. The zero-order valence-electron chi connectivity index (χ0n) is 11.1. The Morgan fingerprint density at radius 3 is 2.94 bits per heavy atom. The van der Waals surface area contributed by atoms with Gasteiger partial charge in [-0.05, 0) is 39.0 Å². The highest BCUT2D eigenvalue weighted by atomic mass is 35.5. The van der Waals surface area contributed by atoms with Crippen molar-refractivity contribution in [3.05, 3.63) is 21.3 Å². The van der Waals surface area contributed by atoms with Crippen LogP contribution in [0.2, 0.25) is 5.02 Å². The maximum atomic E-state index is 6.00. The number of likely N-dealkylation sites (N-methyl/N-ethyl adjacent to an activating group) is 1. The quantitative estimate of drug-likeness (QED) is 0.902. The first-order chi connectivity index (χ1) is 8.60. The summed E-state index contributed by atoms with van der Waals surface area (Å²) in [6.45, 7) is 4.18. The molecule has 1 aromatic rings. The molecule has 5 heteroatoms. The molecule has 1 aliphatic rings. The van der Waals surface area contributed by atoms with Crippen LogP contribution in [0.25, 0.3) is 0 Å². The first kappa shape index (κ1) is 14.3. The molecule has 1 fully saturated rings. The second kappa shape index (κ2) is 6.35. The topological polar surface area (TPSA) is 32.5 Å². The minimum Gasteiger partial charge on any atom is -0.329 e. The molecule has 0 aliphatic carbocycles. The minimum atomic E-state index is 0.299. The average molecular weight is 288 g/mol. The molecule has 2 unspecified atom stereocenters. The third-order valence-corrected chi connectivity index (χ3v) is 5.09. The number of hydrogen-bond donors (Lipinski definition) is 1. The Bertz CT molecular complexity index is 382. The third-order valence-electron chi connectivity index (χ3n) is 3.71. The van der Waals surface area contributed by atoms with E-state index in [2.05, 4.69) is 23.9 Å². The predicted molar refractivity (Wildman–Crippen MR) is 79.4 cm³/mol. The second-order valence-electron chi connectivity index (χ2n) is 5.28. The van der Waals surface area contributed by atoms with E-state index in [1.165, 1.54) is 24.4 Å². The van der Waals surface area contributed by atoms with Gasteiger partial charge in [0.15, 0.2) is 0 Å². The van der Waals surface area contributed by atoms with E-state index in [9.17, 15) is 0 Å². The third kappa shape index (κ3) is 3.45. The summed E-state index contributed by atoms with van der Waals surface area (Å²) < 4.78 is 0. The first-order valence-corrected chi connectivity index (χ1v) is 7.68. The van der Waals surface area contributed by atoms with Crippen LogP contribution in [0.1, 0.15) is 17.3 Å². The Labute approximate surface area is 119 Å². The van der Waals surface area contributed by atoms with Crippen molar-refractivity contribution in [2.24, 2.45) is 11.7 Å². The molecule has 0 spiro atoms. The van der Waals surface area contributed by atoms with Crippen LogP contribution in [0.5, 0.6) is 0 Å². The Morgan fingerprint density at radius 2 is 2.44 bits per heavy atom. The molecule has 1 aliphatic heterocycles. The van der Waals surface area contributed by atoms with Gasteiger partial charge in [0.2, 0.25) is 0 Å². The summed E-state index contributed by atoms with van der Waals surface area (Å²) in [6, 6.07) is 2.34. The second-order valence-corrected chi connectivity index (χ2v) is 6.65. The Hall–Kier alpha value is -0.130. The molecule has 0 aromatic carbocycles. The van der Waals surface area contributed by atoms with Crippen LogP contribution < -0.4 is 5.73 Å². The zero-order valence-corrected chi connectivity index (χ0v) is 12.7. The van der Waals surface area contributed by atoms with Crippen molar-refractivity contribution in [3.63, 3.8) is 0 Å². The van der Waals surface area contributed by atoms with E-state index in [0.717, 1.165) is 17.5 Å². The van der Waals surface area contributed by atoms with Crippen molar-refractivity contribution >= 4 is 22.9 Å². The molecule has 2 atom stereocenters. The Balaban J connectivity index is 1.95. The fourth-order valence-electron chi connectivity index (χ4n) is 2.73. The van der Waals surface area contributed by atoms with E-state index in [1.807, 2.05) is 11.4 Å². The van der Waals surface area contributed by atoms with Gasteiger partial charge in [-0.25, -0.2) is 0 Å². The summed E-state index contributed by atoms with van der Waals surface area (Å²) in [4.78, 5) is 6.06. The summed E-state index contributed by atoms with van der Waals surface area (Å²) in [5.74, 6) is 0.768. The number of hydrogen-bond acceptors (Lipinski definition) is 4.